The van der Waals surface area contributed by atoms with E-state index in [4.69, 9.17) is 4.74 Å². The molecular weight excluding hydrogens is 266 g/mol. The number of carbonyl (C=O) groups excluding carboxylic acids is 1. The smallest absolute Gasteiger partial charge is 0.238 e. The maximum absolute atomic E-state index is 12.0. The molecule has 114 valence electrons. The molecule has 5 heteroatoms. The quantitative estimate of drug-likeness (QED) is 0.767. The van der Waals surface area contributed by atoms with Gasteiger partial charge in [-0.2, -0.15) is 0 Å². The first-order valence-electron chi connectivity index (χ1n) is 7.13. The highest BCUT2D eigenvalue weighted by Gasteiger charge is 2.31. The maximum atomic E-state index is 12.0. The first-order chi connectivity index (χ1) is 10.1. The second kappa shape index (κ2) is 7.24. The molecule has 0 bridgehead atoms. The Morgan fingerprint density at radius 2 is 2.14 bits per heavy atom. The van der Waals surface area contributed by atoms with E-state index >= 15 is 0 Å². The van der Waals surface area contributed by atoms with Gasteiger partial charge in [0.1, 0.15) is 18.5 Å². The zero-order valence-corrected chi connectivity index (χ0v) is 12.7. The number of hydrogen-bond donors (Lipinski definition) is 1. The lowest BCUT2D eigenvalue weighted by molar-refractivity contribution is -0.128. The fraction of sp³-hybridized carbons (Fsp3) is 0.438. The minimum atomic E-state index is -0.0501. The van der Waals surface area contributed by atoms with E-state index in [0.717, 1.165) is 24.4 Å². The van der Waals surface area contributed by atoms with Gasteiger partial charge in [-0.15, -0.1) is 0 Å². The van der Waals surface area contributed by atoms with Crippen molar-refractivity contribution in [1.82, 2.24) is 15.1 Å². The molecule has 1 fully saturated rings. The Balaban J connectivity index is 2.04. The number of benzene rings is 1. The molecule has 0 aliphatic carbocycles. The molecule has 0 spiro atoms. The molecule has 0 saturated carbocycles. The molecule has 1 saturated heterocycles. The monoisotopic (exact) mass is 289 g/mol. The minimum Gasteiger partial charge on any atom is -0.490 e. The zero-order valence-electron chi connectivity index (χ0n) is 12.7. The molecule has 21 heavy (non-hydrogen) atoms. The molecule has 1 aromatic carbocycles. The normalized spacial score (nSPS) is 18.3. The number of likely N-dealkylation sites (N-methyl/N-ethyl adjacent to an activating group) is 1. The number of nitrogens with one attached hydrogen (secondary N) is 1. The van der Waals surface area contributed by atoms with Crippen LogP contribution in [0.1, 0.15) is 11.7 Å². The average molecular weight is 289 g/mol. The van der Waals surface area contributed by atoms with Crippen LogP contribution in [-0.4, -0.2) is 56.0 Å². The molecule has 0 aromatic heterocycles. The summed E-state index contributed by atoms with van der Waals surface area (Å²) < 4.78 is 5.47. The van der Waals surface area contributed by atoms with Crippen molar-refractivity contribution in [2.75, 3.05) is 40.3 Å². The van der Waals surface area contributed by atoms with Crippen molar-refractivity contribution in [2.45, 2.75) is 6.17 Å². The molecule has 1 heterocycles. The molecular formula is C16H23N3O2. The Bertz CT molecular complexity index is 485. The Kier molecular flexibility index (Phi) is 5.36. The molecule has 1 aromatic rings. The topological polar surface area (TPSA) is 44.8 Å². The summed E-state index contributed by atoms with van der Waals surface area (Å²) in [5.74, 6) is 0.955. The third-order valence-corrected chi connectivity index (χ3v) is 3.43. The van der Waals surface area contributed by atoms with Crippen LogP contribution in [0.15, 0.2) is 36.9 Å². The lowest BCUT2D eigenvalue weighted by atomic mass is 10.1. The summed E-state index contributed by atoms with van der Waals surface area (Å²) in [6.45, 7) is 6.09. The third kappa shape index (κ3) is 4.06. The largest absolute Gasteiger partial charge is 0.490 e. The van der Waals surface area contributed by atoms with Crippen molar-refractivity contribution in [3.8, 4) is 5.75 Å². The predicted octanol–water partition coefficient (Wildman–Crippen LogP) is 1.24. The molecule has 0 radical (unpaired) electrons. The van der Waals surface area contributed by atoms with E-state index in [2.05, 4.69) is 16.8 Å². The number of hydrogen-bond acceptors (Lipinski definition) is 4. The lowest BCUT2D eigenvalue weighted by Gasteiger charge is -2.26. The van der Waals surface area contributed by atoms with Crippen LogP contribution in [0.5, 0.6) is 5.75 Å². The van der Waals surface area contributed by atoms with Gasteiger partial charge in [-0.3, -0.25) is 10.1 Å². The highest BCUT2D eigenvalue weighted by molar-refractivity contribution is 5.81. The van der Waals surface area contributed by atoms with Crippen LogP contribution >= 0.6 is 0 Å². The van der Waals surface area contributed by atoms with Gasteiger partial charge in [-0.05, 0) is 31.8 Å². The van der Waals surface area contributed by atoms with Crippen molar-refractivity contribution in [3.05, 3.63) is 42.5 Å². The molecule has 1 aliphatic heterocycles. The first kappa shape index (κ1) is 15.5. The maximum Gasteiger partial charge on any atom is 0.238 e. The van der Waals surface area contributed by atoms with E-state index in [9.17, 15) is 4.79 Å². The lowest BCUT2D eigenvalue weighted by Crippen LogP contribution is -2.36. The summed E-state index contributed by atoms with van der Waals surface area (Å²) in [5, 5.41) is 3.26. The van der Waals surface area contributed by atoms with E-state index in [1.807, 2.05) is 43.3 Å². The van der Waals surface area contributed by atoms with Crippen LogP contribution in [0.4, 0.5) is 0 Å². The number of amides is 1. The van der Waals surface area contributed by atoms with Crippen LogP contribution in [-0.2, 0) is 4.79 Å². The van der Waals surface area contributed by atoms with E-state index < -0.39 is 0 Å². The summed E-state index contributed by atoms with van der Waals surface area (Å²) in [6.07, 6.45) is 1.67. The molecule has 1 amide bonds. The van der Waals surface area contributed by atoms with Crippen LogP contribution in [0.2, 0.25) is 0 Å². The summed E-state index contributed by atoms with van der Waals surface area (Å²) >= 11 is 0. The van der Waals surface area contributed by atoms with Gasteiger partial charge in [0.2, 0.25) is 5.91 Å². The first-order valence-corrected chi connectivity index (χ1v) is 7.13. The van der Waals surface area contributed by atoms with Gasteiger partial charge in [0.05, 0.1) is 6.54 Å². The summed E-state index contributed by atoms with van der Waals surface area (Å²) in [5.41, 5.74) is 1.07. The van der Waals surface area contributed by atoms with Gasteiger partial charge in [-0.1, -0.05) is 24.8 Å². The van der Waals surface area contributed by atoms with E-state index in [-0.39, 0.29) is 12.1 Å². The Morgan fingerprint density at radius 1 is 1.43 bits per heavy atom. The third-order valence-electron chi connectivity index (χ3n) is 3.43. The van der Waals surface area contributed by atoms with E-state index in [1.165, 1.54) is 0 Å². The zero-order chi connectivity index (χ0) is 15.2. The van der Waals surface area contributed by atoms with Crippen LogP contribution in [0.3, 0.4) is 0 Å². The molecule has 1 N–H and O–H groups in total. The highest BCUT2D eigenvalue weighted by Crippen LogP contribution is 2.24. The van der Waals surface area contributed by atoms with Gasteiger partial charge in [-0.25, -0.2) is 0 Å². The fourth-order valence-corrected chi connectivity index (χ4v) is 2.30. The number of rotatable bonds is 7. The summed E-state index contributed by atoms with van der Waals surface area (Å²) in [7, 11) is 4.02. The van der Waals surface area contributed by atoms with E-state index in [1.54, 1.807) is 6.08 Å². The second-order valence-corrected chi connectivity index (χ2v) is 5.34. The number of carbonyl (C=O) groups is 1. The predicted molar refractivity (Wildman–Crippen MR) is 83.1 cm³/mol. The van der Waals surface area contributed by atoms with Crippen molar-refractivity contribution >= 4 is 5.91 Å². The van der Waals surface area contributed by atoms with Gasteiger partial charge in [0.25, 0.3) is 0 Å². The van der Waals surface area contributed by atoms with E-state index in [0.29, 0.717) is 13.2 Å². The minimum absolute atomic E-state index is 0.0501. The fourth-order valence-electron chi connectivity index (χ4n) is 2.30. The highest BCUT2D eigenvalue weighted by atomic mass is 16.5. The standard InChI is InChI=1S/C16H23N3O2/c1-4-11-21-14-7-5-13(6-8-14)16-17-12-15(20)19(16)10-9-18(2)3/h4-8,16-17H,1,9-12H2,2-3H3. The summed E-state index contributed by atoms with van der Waals surface area (Å²) in [6, 6.07) is 7.84. The average Bonchev–Trinajstić information content (AvgIpc) is 2.84. The van der Waals surface area contributed by atoms with Crippen LogP contribution < -0.4 is 10.1 Å². The number of ether oxygens (including phenoxy) is 1. The SMILES string of the molecule is C=CCOc1ccc(C2NCC(=O)N2CCN(C)C)cc1. The Morgan fingerprint density at radius 3 is 2.76 bits per heavy atom. The van der Waals surface area contributed by atoms with Crippen LogP contribution in [0.25, 0.3) is 0 Å². The van der Waals surface area contributed by atoms with Gasteiger partial charge in [0.15, 0.2) is 0 Å². The van der Waals surface area contributed by atoms with Crippen molar-refractivity contribution < 1.29 is 9.53 Å². The molecule has 1 aliphatic rings. The van der Waals surface area contributed by atoms with Crippen molar-refractivity contribution in [2.24, 2.45) is 0 Å². The van der Waals surface area contributed by atoms with Gasteiger partial charge in [0, 0.05) is 13.1 Å². The van der Waals surface area contributed by atoms with Crippen molar-refractivity contribution in [1.29, 1.82) is 0 Å². The summed E-state index contributed by atoms with van der Waals surface area (Å²) in [4.78, 5) is 16.0. The molecule has 5 nitrogen and oxygen atoms in total. The molecule has 2 rings (SSSR count). The van der Waals surface area contributed by atoms with Crippen LogP contribution in [0, 0.1) is 0 Å². The van der Waals surface area contributed by atoms with Gasteiger partial charge < -0.3 is 14.5 Å². The molecule has 1 atom stereocenters. The van der Waals surface area contributed by atoms with Crippen molar-refractivity contribution in [3.63, 3.8) is 0 Å². The van der Waals surface area contributed by atoms with Gasteiger partial charge >= 0.3 is 0 Å². The molecule has 1 unspecified atom stereocenters. The second-order valence-electron chi connectivity index (χ2n) is 5.34. The number of nitrogens with zero attached hydrogens (tertiary/aromatic N) is 2. The Hall–Kier alpha value is -1.85. The Labute approximate surface area is 126 Å².